The van der Waals surface area contributed by atoms with Gasteiger partial charge in [-0.2, -0.15) is 0 Å². The lowest BCUT2D eigenvalue weighted by Crippen LogP contribution is -2.37. The van der Waals surface area contributed by atoms with E-state index in [1.54, 1.807) is 20.0 Å². The highest BCUT2D eigenvalue weighted by molar-refractivity contribution is 14.0. The molecule has 8 heteroatoms. The standard InChI is InChI=1S/C17H23FN6.HI/c1-12-9-13(6-7-14(12)18)10-20-17(19-2)21-11-16-23-22-15-5-3-4-8-24(15)16;/h6-7,9H,3-5,8,10-11H2,1-2H3,(H2,19,20,21);1H. The Morgan fingerprint density at radius 3 is 2.80 bits per heavy atom. The second-order valence-corrected chi connectivity index (χ2v) is 6.00. The average molecular weight is 458 g/mol. The van der Waals surface area contributed by atoms with Crippen LogP contribution >= 0.6 is 24.0 Å². The van der Waals surface area contributed by atoms with E-state index in [9.17, 15) is 4.39 Å². The van der Waals surface area contributed by atoms with Gasteiger partial charge in [0.15, 0.2) is 11.8 Å². The van der Waals surface area contributed by atoms with Crippen molar-refractivity contribution in [2.45, 2.75) is 45.8 Å². The Morgan fingerprint density at radius 2 is 2.04 bits per heavy atom. The van der Waals surface area contributed by atoms with Gasteiger partial charge in [-0.25, -0.2) is 4.39 Å². The van der Waals surface area contributed by atoms with Gasteiger partial charge in [-0.05, 0) is 37.0 Å². The summed E-state index contributed by atoms with van der Waals surface area (Å²) in [6.45, 7) is 3.91. The van der Waals surface area contributed by atoms with Crippen LogP contribution in [-0.4, -0.2) is 27.8 Å². The summed E-state index contributed by atoms with van der Waals surface area (Å²) in [6, 6.07) is 5.10. The molecule has 1 aromatic heterocycles. The predicted octanol–water partition coefficient (Wildman–Crippen LogP) is 2.55. The minimum Gasteiger partial charge on any atom is -0.352 e. The Bertz CT molecular complexity index is 743. The molecule has 25 heavy (non-hydrogen) atoms. The van der Waals surface area contributed by atoms with Crippen LogP contribution in [0, 0.1) is 12.7 Å². The van der Waals surface area contributed by atoms with Crippen molar-refractivity contribution in [1.29, 1.82) is 0 Å². The summed E-state index contributed by atoms with van der Waals surface area (Å²) in [6.07, 6.45) is 3.37. The number of rotatable bonds is 4. The Labute approximate surface area is 164 Å². The maximum Gasteiger partial charge on any atom is 0.191 e. The fraction of sp³-hybridized carbons (Fsp3) is 0.471. The molecule has 2 heterocycles. The second-order valence-electron chi connectivity index (χ2n) is 6.00. The van der Waals surface area contributed by atoms with Crippen molar-refractivity contribution in [2.75, 3.05) is 7.05 Å². The summed E-state index contributed by atoms with van der Waals surface area (Å²) in [5.41, 5.74) is 1.66. The lowest BCUT2D eigenvalue weighted by molar-refractivity contribution is 0.504. The van der Waals surface area contributed by atoms with E-state index in [1.807, 2.05) is 6.07 Å². The van der Waals surface area contributed by atoms with Crippen molar-refractivity contribution in [3.05, 3.63) is 46.8 Å². The molecule has 0 saturated heterocycles. The molecule has 1 aromatic carbocycles. The van der Waals surface area contributed by atoms with Gasteiger partial charge >= 0.3 is 0 Å². The first-order valence-electron chi connectivity index (χ1n) is 8.28. The van der Waals surface area contributed by atoms with E-state index >= 15 is 0 Å². The largest absolute Gasteiger partial charge is 0.352 e. The Hall–Kier alpha value is -1.71. The maximum atomic E-state index is 13.3. The third-order valence-electron chi connectivity index (χ3n) is 4.26. The minimum absolute atomic E-state index is 0. The van der Waals surface area contributed by atoms with Gasteiger partial charge in [0.1, 0.15) is 11.6 Å². The summed E-state index contributed by atoms with van der Waals surface area (Å²) >= 11 is 0. The average Bonchev–Trinajstić information content (AvgIpc) is 3.01. The van der Waals surface area contributed by atoms with E-state index in [-0.39, 0.29) is 29.8 Å². The van der Waals surface area contributed by atoms with E-state index in [0.29, 0.717) is 24.6 Å². The van der Waals surface area contributed by atoms with Gasteiger partial charge in [-0.1, -0.05) is 12.1 Å². The summed E-state index contributed by atoms with van der Waals surface area (Å²) in [5.74, 6) is 2.51. The van der Waals surface area contributed by atoms with Crippen molar-refractivity contribution >= 4 is 29.9 Å². The van der Waals surface area contributed by atoms with Crippen LogP contribution in [0.25, 0.3) is 0 Å². The van der Waals surface area contributed by atoms with Crippen LogP contribution < -0.4 is 10.6 Å². The molecular formula is C17H24FIN6. The summed E-state index contributed by atoms with van der Waals surface area (Å²) in [4.78, 5) is 4.22. The van der Waals surface area contributed by atoms with Crippen LogP contribution in [0.3, 0.4) is 0 Å². The molecule has 0 atom stereocenters. The SMILES string of the molecule is CN=C(NCc1ccc(F)c(C)c1)NCc1nnc2n1CCCC2.I. The number of hydrogen-bond acceptors (Lipinski definition) is 3. The van der Waals surface area contributed by atoms with E-state index in [2.05, 4.69) is 30.4 Å². The number of aryl methyl sites for hydroxylation is 2. The third-order valence-corrected chi connectivity index (χ3v) is 4.26. The molecule has 0 fully saturated rings. The molecule has 0 aliphatic carbocycles. The highest BCUT2D eigenvalue weighted by Gasteiger charge is 2.15. The highest BCUT2D eigenvalue weighted by atomic mass is 127. The Kier molecular flexibility index (Phi) is 7.15. The normalized spacial score (nSPS) is 13.8. The zero-order valence-corrected chi connectivity index (χ0v) is 16.9. The number of aromatic nitrogens is 3. The molecule has 1 aliphatic rings. The Morgan fingerprint density at radius 1 is 1.24 bits per heavy atom. The maximum absolute atomic E-state index is 13.3. The molecule has 0 radical (unpaired) electrons. The molecule has 2 N–H and O–H groups in total. The van der Waals surface area contributed by atoms with Crippen LogP contribution in [-0.2, 0) is 26.1 Å². The molecule has 0 spiro atoms. The molecule has 0 bridgehead atoms. The van der Waals surface area contributed by atoms with Crippen molar-refractivity contribution in [3.8, 4) is 0 Å². The lowest BCUT2D eigenvalue weighted by atomic mass is 10.1. The fourth-order valence-electron chi connectivity index (χ4n) is 2.89. The van der Waals surface area contributed by atoms with Crippen LogP contribution in [0.15, 0.2) is 23.2 Å². The number of benzene rings is 1. The molecule has 0 amide bonds. The molecular weight excluding hydrogens is 434 g/mol. The number of aliphatic imine (C=N–C) groups is 1. The van der Waals surface area contributed by atoms with Gasteiger partial charge in [0.25, 0.3) is 0 Å². The highest BCUT2D eigenvalue weighted by Crippen LogP contribution is 2.14. The van der Waals surface area contributed by atoms with E-state index < -0.39 is 0 Å². The number of fused-ring (bicyclic) bond motifs is 1. The lowest BCUT2D eigenvalue weighted by Gasteiger charge is -2.16. The van der Waals surface area contributed by atoms with Gasteiger partial charge in [-0.3, -0.25) is 4.99 Å². The molecule has 3 rings (SSSR count). The number of guanidine groups is 1. The van der Waals surface area contributed by atoms with Crippen LogP contribution in [0.1, 0.15) is 35.6 Å². The molecule has 1 aliphatic heterocycles. The van der Waals surface area contributed by atoms with Crippen molar-refractivity contribution in [3.63, 3.8) is 0 Å². The monoisotopic (exact) mass is 458 g/mol. The molecule has 2 aromatic rings. The van der Waals surface area contributed by atoms with Gasteiger partial charge in [-0.15, -0.1) is 34.2 Å². The third kappa shape index (κ3) is 4.90. The smallest absolute Gasteiger partial charge is 0.191 e. The summed E-state index contributed by atoms with van der Waals surface area (Å²) in [7, 11) is 1.73. The predicted molar refractivity (Wildman–Crippen MR) is 107 cm³/mol. The topological polar surface area (TPSA) is 67.1 Å². The van der Waals surface area contributed by atoms with E-state index in [0.717, 1.165) is 30.2 Å². The van der Waals surface area contributed by atoms with Crippen molar-refractivity contribution in [1.82, 2.24) is 25.4 Å². The number of hydrogen-bond donors (Lipinski definition) is 2. The van der Waals surface area contributed by atoms with E-state index in [1.165, 1.54) is 18.9 Å². The van der Waals surface area contributed by atoms with Gasteiger partial charge in [0.2, 0.25) is 0 Å². The van der Waals surface area contributed by atoms with Gasteiger partial charge < -0.3 is 15.2 Å². The first kappa shape index (κ1) is 19.6. The molecule has 0 unspecified atom stereocenters. The first-order valence-corrected chi connectivity index (χ1v) is 8.28. The quantitative estimate of drug-likeness (QED) is 0.420. The molecule has 6 nitrogen and oxygen atoms in total. The van der Waals surface area contributed by atoms with Crippen LogP contribution in [0.5, 0.6) is 0 Å². The number of nitrogens with one attached hydrogen (secondary N) is 2. The Balaban J connectivity index is 0.00000225. The van der Waals surface area contributed by atoms with Gasteiger partial charge in [0, 0.05) is 26.6 Å². The van der Waals surface area contributed by atoms with Crippen molar-refractivity contribution < 1.29 is 4.39 Å². The zero-order valence-electron chi connectivity index (χ0n) is 14.5. The van der Waals surface area contributed by atoms with Crippen molar-refractivity contribution in [2.24, 2.45) is 4.99 Å². The molecule has 136 valence electrons. The van der Waals surface area contributed by atoms with E-state index in [4.69, 9.17) is 0 Å². The fourth-order valence-corrected chi connectivity index (χ4v) is 2.89. The van der Waals surface area contributed by atoms with Gasteiger partial charge in [0.05, 0.1) is 6.54 Å². The molecule has 0 saturated carbocycles. The first-order chi connectivity index (χ1) is 11.7. The number of halogens is 2. The second kappa shape index (κ2) is 9.12. The van der Waals surface area contributed by atoms with Crippen LogP contribution in [0.4, 0.5) is 4.39 Å². The minimum atomic E-state index is -0.183. The summed E-state index contributed by atoms with van der Waals surface area (Å²) < 4.78 is 15.5. The van der Waals surface area contributed by atoms with Crippen LogP contribution in [0.2, 0.25) is 0 Å². The summed E-state index contributed by atoms with van der Waals surface area (Å²) in [5, 5.41) is 15.0. The number of nitrogens with zero attached hydrogens (tertiary/aromatic N) is 4. The zero-order chi connectivity index (χ0) is 16.9.